The van der Waals surface area contributed by atoms with Crippen molar-refractivity contribution in [3.63, 3.8) is 0 Å². The molecule has 0 spiro atoms. The topological polar surface area (TPSA) is 35.5 Å². The SMILES string of the molecule is COC(=O)c1ccc([B-](F)(F)F)c(OC)c1.[K+]. The van der Waals surface area contributed by atoms with Gasteiger partial charge in [-0.1, -0.05) is 17.6 Å². The maximum atomic E-state index is 12.5. The number of ether oxygens (including phenoxy) is 2. The van der Waals surface area contributed by atoms with Gasteiger partial charge in [0.2, 0.25) is 0 Å². The second-order valence-electron chi connectivity index (χ2n) is 3.02. The molecule has 1 aromatic carbocycles. The van der Waals surface area contributed by atoms with Crippen molar-refractivity contribution in [3.05, 3.63) is 23.8 Å². The van der Waals surface area contributed by atoms with Crippen molar-refractivity contribution in [2.24, 2.45) is 0 Å². The van der Waals surface area contributed by atoms with Gasteiger partial charge in [0.05, 0.1) is 25.5 Å². The molecule has 0 bridgehead atoms. The summed E-state index contributed by atoms with van der Waals surface area (Å²) in [7, 11) is 2.26. The summed E-state index contributed by atoms with van der Waals surface area (Å²) in [6.07, 6.45) is 0. The first-order valence-corrected chi connectivity index (χ1v) is 4.36. The molecule has 0 radical (unpaired) electrons. The summed E-state index contributed by atoms with van der Waals surface area (Å²) in [6.45, 7) is -5.16. The summed E-state index contributed by atoms with van der Waals surface area (Å²) < 4.78 is 46.5. The molecule has 0 atom stereocenters. The Morgan fingerprint density at radius 1 is 1.24 bits per heavy atom. The Labute approximate surface area is 139 Å². The molecule has 17 heavy (non-hydrogen) atoms. The number of benzene rings is 1. The first-order chi connectivity index (χ1) is 7.40. The molecule has 0 aliphatic heterocycles. The third kappa shape index (κ3) is 4.29. The maximum Gasteiger partial charge on any atom is 1.00 e. The van der Waals surface area contributed by atoms with Crippen LogP contribution < -0.4 is 61.6 Å². The van der Waals surface area contributed by atoms with Gasteiger partial charge in [-0.2, -0.15) is 0 Å². The van der Waals surface area contributed by atoms with E-state index in [2.05, 4.69) is 9.47 Å². The largest absolute Gasteiger partial charge is 1.00 e. The molecule has 3 nitrogen and oxygen atoms in total. The number of methoxy groups -OCH3 is 2. The van der Waals surface area contributed by atoms with E-state index in [-0.39, 0.29) is 62.7 Å². The van der Waals surface area contributed by atoms with Crippen molar-refractivity contribution >= 4 is 18.4 Å². The molecule has 0 aromatic heterocycles. The molecule has 0 amide bonds. The van der Waals surface area contributed by atoms with Crippen LogP contribution in [0.4, 0.5) is 12.9 Å². The van der Waals surface area contributed by atoms with Crippen molar-refractivity contribution in [2.75, 3.05) is 14.2 Å². The number of rotatable bonds is 3. The Kier molecular flexibility index (Phi) is 6.78. The Hall–Kier alpha value is -0.0187. The zero-order chi connectivity index (χ0) is 12.3. The van der Waals surface area contributed by atoms with Crippen LogP contribution >= 0.6 is 0 Å². The molecular weight excluding hydrogens is 263 g/mol. The molecule has 0 heterocycles. The van der Waals surface area contributed by atoms with E-state index in [9.17, 15) is 17.7 Å². The van der Waals surface area contributed by atoms with Gasteiger partial charge in [-0.15, -0.1) is 0 Å². The van der Waals surface area contributed by atoms with Gasteiger partial charge in [0.15, 0.2) is 0 Å². The first-order valence-electron chi connectivity index (χ1n) is 4.36. The molecule has 0 aliphatic rings. The van der Waals surface area contributed by atoms with Crippen LogP contribution in [0.5, 0.6) is 5.75 Å². The van der Waals surface area contributed by atoms with Gasteiger partial charge in [-0.3, -0.25) is 0 Å². The number of halogens is 3. The summed E-state index contributed by atoms with van der Waals surface area (Å²) in [6, 6.07) is 2.88. The fourth-order valence-electron chi connectivity index (χ4n) is 1.23. The fourth-order valence-corrected chi connectivity index (χ4v) is 1.23. The van der Waals surface area contributed by atoms with Gasteiger partial charge in [0, 0.05) is 0 Å². The van der Waals surface area contributed by atoms with Crippen molar-refractivity contribution in [2.45, 2.75) is 0 Å². The monoisotopic (exact) mass is 272 g/mol. The smallest absolute Gasteiger partial charge is 0.500 e. The minimum Gasteiger partial charge on any atom is -0.500 e. The van der Waals surface area contributed by atoms with Gasteiger partial charge in [0.25, 0.3) is 0 Å². The standard InChI is InChI=1S/C9H9BF3O3.K/c1-15-8-5-6(9(14)16-2)3-4-7(8)10(11,12)13;/h3-5H,1-2H3;/q-1;+1. The van der Waals surface area contributed by atoms with Crippen LogP contribution in [-0.2, 0) is 4.74 Å². The van der Waals surface area contributed by atoms with Crippen molar-refractivity contribution in [1.29, 1.82) is 0 Å². The van der Waals surface area contributed by atoms with Crippen LogP contribution in [-0.4, -0.2) is 27.2 Å². The predicted octanol–water partition coefficient (Wildman–Crippen LogP) is -1.46. The molecule has 1 rings (SSSR count). The molecule has 0 unspecified atom stereocenters. The van der Waals surface area contributed by atoms with E-state index in [0.717, 1.165) is 32.4 Å². The minimum absolute atomic E-state index is 0. The maximum absolute atomic E-state index is 12.5. The zero-order valence-electron chi connectivity index (χ0n) is 9.67. The van der Waals surface area contributed by atoms with Crippen molar-refractivity contribution in [1.82, 2.24) is 0 Å². The Bertz CT molecular complexity index is 409. The summed E-state index contributed by atoms with van der Waals surface area (Å²) >= 11 is 0. The average molecular weight is 272 g/mol. The van der Waals surface area contributed by atoms with Crippen LogP contribution in [0.2, 0.25) is 0 Å². The molecule has 8 heteroatoms. The summed E-state index contributed by atoms with van der Waals surface area (Å²) in [5.74, 6) is -1.09. The van der Waals surface area contributed by atoms with Crippen LogP contribution in [0.1, 0.15) is 10.4 Å². The van der Waals surface area contributed by atoms with E-state index in [1.807, 2.05) is 0 Å². The summed E-state index contributed by atoms with van der Waals surface area (Å²) in [5, 5.41) is 0. The zero-order valence-corrected chi connectivity index (χ0v) is 12.8. The molecule has 88 valence electrons. The number of carbonyl (C=O) groups excluding carboxylic acids is 1. The van der Waals surface area contributed by atoms with Crippen molar-refractivity contribution in [3.8, 4) is 5.75 Å². The minimum atomic E-state index is -5.16. The quantitative estimate of drug-likeness (QED) is 0.498. The van der Waals surface area contributed by atoms with E-state index in [4.69, 9.17) is 0 Å². The summed E-state index contributed by atoms with van der Waals surface area (Å²) in [5.41, 5.74) is -0.849. The van der Waals surface area contributed by atoms with Crippen molar-refractivity contribution < 1.29 is 78.6 Å². The number of esters is 1. The van der Waals surface area contributed by atoms with E-state index >= 15 is 0 Å². The van der Waals surface area contributed by atoms with Gasteiger partial charge in [-0.05, 0) is 6.07 Å². The summed E-state index contributed by atoms with van der Waals surface area (Å²) in [4.78, 5) is 11.1. The number of hydrogen-bond donors (Lipinski definition) is 0. The van der Waals surface area contributed by atoms with Crippen LogP contribution in [0, 0.1) is 0 Å². The number of carbonyl (C=O) groups is 1. The second kappa shape index (κ2) is 6.79. The molecule has 0 aliphatic carbocycles. The van der Waals surface area contributed by atoms with Gasteiger partial charge < -0.3 is 22.4 Å². The molecular formula is C9H9BF3KO3. The Morgan fingerprint density at radius 2 is 1.82 bits per heavy atom. The number of hydrogen-bond acceptors (Lipinski definition) is 3. The molecule has 1 aromatic rings. The Balaban J connectivity index is 0.00000256. The van der Waals surface area contributed by atoms with E-state index in [1.165, 1.54) is 0 Å². The first kappa shape index (κ1) is 17.0. The molecule has 0 fully saturated rings. The van der Waals surface area contributed by atoms with Crippen LogP contribution in [0.3, 0.4) is 0 Å². The normalized spacial score (nSPS) is 10.4. The second-order valence-corrected chi connectivity index (χ2v) is 3.02. The Morgan fingerprint density at radius 3 is 2.24 bits per heavy atom. The van der Waals surface area contributed by atoms with Gasteiger partial charge in [0.1, 0.15) is 0 Å². The van der Waals surface area contributed by atoms with E-state index < -0.39 is 18.4 Å². The molecule has 0 N–H and O–H groups in total. The van der Waals surface area contributed by atoms with Crippen LogP contribution in [0.25, 0.3) is 0 Å². The predicted molar refractivity (Wildman–Crippen MR) is 53.0 cm³/mol. The molecule has 0 saturated carbocycles. The molecule has 0 saturated heterocycles. The van der Waals surface area contributed by atoms with Gasteiger partial charge in [-0.25, -0.2) is 4.79 Å². The fraction of sp³-hybridized carbons (Fsp3) is 0.222. The van der Waals surface area contributed by atoms with E-state index in [0.29, 0.717) is 0 Å². The average Bonchev–Trinajstić information content (AvgIpc) is 2.25. The third-order valence-corrected chi connectivity index (χ3v) is 2.01. The van der Waals surface area contributed by atoms with Crippen LogP contribution in [0.15, 0.2) is 18.2 Å². The van der Waals surface area contributed by atoms with Gasteiger partial charge >= 0.3 is 64.3 Å². The third-order valence-electron chi connectivity index (χ3n) is 2.01. The van der Waals surface area contributed by atoms with E-state index in [1.54, 1.807) is 0 Å².